The standard InChI is InChI=1S/C15H20N4/c1-12-4-3-5-14(8-12)15(6-7-15)18-13(2)9-19-11-16-10-17-19/h3-5,8,10-11,13,18H,6-7,9H2,1-2H3. The fraction of sp³-hybridized carbons (Fsp3) is 0.467. The normalized spacial score (nSPS) is 18.2. The van der Waals surface area contributed by atoms with Crippen LogP contribution in [0.15, 0.2) is 36.9 Å². The maximum absolute atomic E-state index is 4.16. The highest BCUT2D eigenvalue weighted by molar-refractivity contribution is 5.33. The molecule has 1 aromatic heterocycles. The summed E-state index contributed by atoms with van der Waals surface area (Å²) in [7, 11) is 0. The Morgan fingerprint density at radius 1 is 1.42 bits per heavy atom. The Morgan fingerprint density at radius 2 is 2.26 bits per heavy atom. The molecule has 4 nitrogen and oxygen atoms in total. The SMILES string of the molecule is Cc1cccc(C2(NC(C)Cn3cncn3)CC2)c1. The summed E-state index contributed by atoms with van der Waals surface area (Å²) in [4.78, 5) is 3.98. The average Bonchev–Trinajstić information content (AvgIpc) is 2.97. The van der Waals surface area contributed by atoms with Gasteiger partial charge in [-0.3, -0.25) is 4.68 Å². The van der Waals surface area contributed by atoms with E-state index in [-0.39, 0.29) is 5.54 Å². The Balaban J connectivity index is 1.68. The van der Waals surface area contributed by atoms with Crippen LogP contribution < -0.4 is 5.32 Å². The van der Waals surface area contributed by atoms with Gasteiger partial charge in [0.15, 0.2) is 0 Å². The Labute approximate surface area is 113 Å². The highest BCUT2D eigenvalue weighted by atomic mass is 15.3. The zero-order valence-electron chi connectivity index (χ0n) is 11.5. The van der Waals surface area contributed by atoms with Crippen molar-refractivity contribution in [1.29, 1.82) is 0 Å². The number of hydrogen-bond donors (Lipinski definition) is 1. The third-order valence-electron chi connectivity index (χ3n) is 3.77. The van der Waals surface area contributed by atoms with E-state index in [2.05, 4.69) is 53.5 Å². The molecule has 1 fully saturated rings. The Kier molecular flexibility index (Phi) is 3.11. The molecule has 2 aromatic rings. The van der Waals surface area contributed by atoms with Gasteiger partial charge in [-0.05, 0) is 32.3 Å². The van der Waals surface area contributed by atoms with Crippen LogP contribution in [0.1, 0.15) is 30.9 Å². The largest absolute Gasteiger partial charge is 0.303 e. The number of nitrogens with zero attached hydrogens (tertiary/aromatic N) is 3. The first-order valence-corrected chi connectivity index (χ1v) is 6.85. The molecule has 1 saturated carbocycles. The van der Waals surface area contributed by atoms with Crippen LogP contribution in [0.3, 0.4) is 0 Å². The zero-order valence-corrected chi connectivity index (χ0v) is 11.5. The van der Waals surface area contributed by atoms with Gasteiger partial charge in [0.1, 0.15) is 12.7 Å². The van der Waals surface area contributed by atoms with Gasteiger partial charge in [-0.1, -0.05) is 29.8 Å². The van der Waals surface area contributed by atoms with Crippen LogP contribution in [0.5, 0.6) is 0 Å². The number of benzene rings is 1. The number of rotatable bonds is 5. The van der Waals surface area contributed by atoms with Gasteiger partial charge in [-0.15, -0.1) is 0 Å². The molecular formula is C15H20N4. The Bertz CT molecular complexity index is 543. The first-order chi connectivity index (χ1) is 9.18. The van der Waals surface area contributed by atoms with Gasteiger partial charge in [-0.2, -0.15) is 5.10 Å². The van der Waals surface area contributed by atoms with Gasteiger partial charge in [-0.25, -0.2) is 4.98 Å². The summed E-state index contributed by atoms with van der Waals surface area (Å²) < 4.78 is 1.88. The van der Waals surface area contributed by atoms with Gasteiger partial charge in [0.25, 0.3) is 0 Å². The van der Waals surface area contributed by atoms with E-state index in [1.165, 1.54) is 24.0 Å². The molecule has 1 unspecified atom stereocenters. The van der Waals surface area contributed by atoms with Crippen LogP contribution in [0.4, 0.5) is 0 Å². The predicted molar refractivity (Wildman–Crippen MR) is 74.7 cm³/mol. The molecule has 1 aliphatic rings. The van der Waals surface area contributed by atoms with Gasteiger partial charge < -0.3 is 5.32 Å². The minimum atomic E-state index is 0.187. The molecule has 4 heteroatoms. The molecule has 1 N–H and O–H groups in total. The number of hydrogen-bond acceptors (Lipinski definition) is 3. The van der Waals surface area contributed by atoms with Crippen LogP contribution in [0.2, 0.25) is 0 Å². The number of nitrogens with one attached hydrogen (secondary N) is 1. The molecular weight excluding hydrogens is 236 g/mol. The first-order valence-electron chi connectivity index (χ1n) is 6.85. The minimum Gasteiger partial charge on any atom is -0.303 e. The van der Waals surface area contributed by atoms with Crippen molar-refractivity contribution in [3.8, 4) is 0 Å². The quantitative estimate of drug-likeness (QED) is 0.892. The van der Waals surface area contributed by atoms with Crippen LogP contribution in [0.25, 0.3) is 0 Å². The molecule has 1 aromatic carbocycles. The van der Waals surface area contributed by atoms with Crippen molar-refractivity contribution in [2.24, 2.45) is 0 Å². The summed E-state index contributed by atoms with van der Waals surface area (Å²) in [5.74, 6) is 0. The lowest BCUT2D eigenvalue weighted by Crippen LogP contribution is -2.39. The van der Waals surface area contributed by atoms with Crippen molar-refractivity contribution in [1.82, 2.24) is 20.1 Å². The molecule has 1 heterocycles. The molecule has 0 spiro atoms. The Morgan fingerprint density at radius 3 is 2.89 bits per heavy atom. The van der Waals surface area contributed by atoms with E-state index >= 15 is 0 Å². The fourth-order valence-electron chi connectivity index (χ4n) is 2.71. The summed E-state index contributed by atoms with van der Waals surface area (Å²) in [6, 6.07) is 9.20. The lowest BCUT2D eigenvalue weighted by atomic mass is 10.0. The third-order valence-corrected chi connectivity index (χ3v) is 3.77. The summed E-state index contributed by atoms with van der Waals surface area (Å²) >= 11 is 0. The first kappa shape index (κ1) is 12.4. The van der Waals surface area contributed by atoms with E-state index in [9.17, 15) is 0 Å². The van der Waals surface area contributed by atoms with Crippen molar-refractivity contribution in [2.75, 3.05) is 0 Å². The van der Waals surface area contributed by atoms with Crippen molar-refractivity contribution in [3.63, 3.8) is 0 Å². The molecule has 1 atom stereocenters. The van der Waals surface area contributed by atoms with E-state index in [4.69, 9.17) is 0 Å². The topological polar surface area (TPSA) is 42.7 Å². The van der Waals surface area contributed by atoms with Crippen LogP contribution in [0, 0.1) is 6.92 Å². The Hall–Kier alpha value is -1.68. The lowest BCUT2D eigenvalue weighted by Gasteiger charge is -2.23. The molecule has 3 rings (SSSR count). The maximum atomic E-state index is 4.16. The smallest absolute Gasteiger partial charge is 0.137 e. The monoisotopic (exact) mass is 256 g/mol. The summed E-state index contributed by atoms with van der Waals surface area (Å²) in [5.41, 5.74) is 2.93. The number of aryl methyl sites for hydroxylation is 1. The van der Waals surface area contributed by atoms with E-state index in [1.807, 2.05) is 4.68 Å². The van der Waals surface area contributed by atoms with Crippen molar-refractivity contribution in [2.45, 2.75) is 44.8 Å². The fourth-order valence-corrected chi connectivity index (χ4v) is 2.71. The molecule has 0 aliphatic heterocycles. The molecule has 0 radical (unpaired) electrons. The van der Waals surface area contributed by atoms with Crippen LogP contribution >= 0.6 is 0 Å². The predicted octanol–water partition coefficient (Wildman–Crippen LogP) is 2.25. The van der Waals surface area contributed by atoms with Crippen LogP contribution in [-0.2, 0) is 12.1 Å². The van der Waals surface area contributed by atoms with Crippen LogP contribution in [-0.4, -0.2) is 20.8 Å². The van der Waals surface area contributed by atoms with E-state index in [0.29, 0.717) is 6.04 Å². The molecule has 0 amide bonds. The van der Waals surface area contributed by atoms with Gasteiger partial charge in [0.05, 0.1) is 6.54 Å². The number of aromatic nitrogens is 3. The van der Waals surface area contributed by atoms with E-state index in [0.717, 1.165) is 6.54 Å². The second-order valence-electron chi connectivity index (χ2n) is 5.61. The average molecular weight is 256 g/mol. The van der Waals surface area contributed by atoms with Gasteiger partial charge in [0, 0.05) is 11.6 Å². The van der Waals surface area contributed by atoms with Crippen molar-refractivity contribution in [3.05, 3.63) is 48.0 Å². The van der Waals surface area contributed by atoms with Gasteiger partial charge in [0.2, 0.25) is 0 Å². The second-order valence-corrected chi connectivity index (χ2v) is 5.61. The summed E-state index contributed by atoms with van der Waals surface area (Å²) in [5, 5.41) is 7.92. The highest BCUT2D eigenvalue weighted by Crippen LogP contribution is 2.46. The van der Waals surface area contributed by atoms with Crippen molar-refractivity contribution < 1.29 is 0 Å². The van der Waals surface area contributed by atoms with E-state index in [1.54, 1.807) is 12.7 Å². The van der Waals surface area contributed by atoms with Crippen molar-refractivity contribution >= 4 is 0 Å². The molecule has 1 aliphatic carbocycles. The van der Waals surface area contributed by atoms with E-state index < -0.39 is 0 Å². The molecule has 0 saturated heterocycles. The zero-order chi connectivity index (χ0) is 13.3. The summed E-state index contributed by atoms with van der Waals surface area (Å²) in [6.45, 7) is 5.21. The minimum absolute atomic E-state index is 0.187. The molecule has 0 bridgehead atoms. The second kappa shape index (κ2) is 4.78. The van der Waals surface area contributed by atoms with Gasteiger partial charge >= 0.3 is 0 Å². The highest BCUT2D eigenvalue weighted by Gasteiger charge is 2.44. The molecule has 19 heavy (non-hydrogen) atoms. The maximum Gasteiger partial charge on any atom is 0.137 e. The summed E-state index contributed by atoms with van der Waals surface area (Å²) in [6.07, 6.45) is 5.79. The third kappa shape index (κ3) is 2.68. The lowest BCUT2D eigenvalue weighted by molar-refractivity contribution is 0.386. The molecule has 100 valence electrons.